The van der Waals surface area contributed by atoms with Gasteiger partial charge in [0.25, 0.3) is 0 Å². The van der Waals surface area contributed by atoms with E-state index in [9.17, 15) is 4.79 Å². The van der Waals surface area contributed by atoms with E-state index in [0.717, 1.165) is 74.2 Å². The first-order valence-electron chi connectivity index (χ1n) is 9.96. The quantitative estimate of drug-likeness (QED) is 0.723. The fourth-order valence-electron chi connectivity index (χ4n) is 4.22. The lowest BCUT2D eigenvalue weighted by atomic mass is 9.99. The summed E-state index contributed by atoms with van der Waals surface area (Å²) in [5, 5.41) is 14.1. The van der Waals surface area contributed by atoms with Gasteiger partial charge in [-0.3, -0.25) is 9.20 Å². The highest BCUT2D eigenvalue weighted by Crippen LogP contribution is 2.27. The fourth-order valence-corrected chi connectivity index (χ4v) is 4.94. The van der Waals surface area contributed by atoms with E-state index < -0.39 is 0 Å². The summed E-state index contributed by atoms with van der Waals surface area (Å²) in [6, 6.07) is 0.167. The minimum absolute atomic E-state index is 0.0399. The van der Waals surface area contributed by atoms with Crippen molar-refractivity contribution in [1.82, 2.24) is 29.5 Å². The summed E-state index contributed by atoms with van der Waals surface area (Å²) in [6.45, 7) is 2.47. The molecule has 1 unspecified atom stereocenters. The maximum atomic E-state index is 12.5. The van der Waals surface area contributed by atoms with E-state index in [2.05, 4.69) is 25.1 Å². The number of thiazole rings is 1. The number of nitrogens with one attached hydrogen (secondary N) is 1. The number of carbonyl (C=O) groups excluding carboxylic acids is 1. The molecule has 3 aromatic rings. The summed E-state index contributed by atoms with van der Waals surface area (Å²) in [4.78, 5) is 17.9. The second-order valence-corrected chi connectivity index (χ2v) is 8.48. The molecule has 1 amide bonds. The molecule has 5 heterocycles. The summed E-state index contributed by atoms with van der Waals surface area (Å²) < 4.78 is 9.72. The fraction of sp³-hybridized carbons (Fsp3) is 0.579. The molecule has 9 heteroatoms. The molecule has 1 atom stereocenters. The van der Waals surface area contributed by atoms with Gasteiger partial charge in [-0.15, -0.1) is 21.5 Å². The van der Waals surface area contributed by atoms with E-state index in [4.69, 9.17) is 4.74 Å². The van der Waals surface area contributed by atoms with Crippen molar-refractivity contribution < 1.29 is 9.53 Å². The molecular weight excluding hydrogens is 376 g/mol. The van der Waals surface area contributed by atoms with Crippen LogP contribution in [0.3, 0.4) is 0 Å². The summed E-state index contributed by atoms with van der Waals surface area (Å²) in [7, 11) is 0. The van der Waals surface area contributed by atoms with Crippen molar-refractivity contribution in [2.75, 3.05) is 13.2 Å². The standard InChI is InChI=1S/C19H24N6O2S/c26-17(11-15-12-24-7-10-28-19(24)21-15)20-14-1-2-16-22-23-18(25(16)6-3-14)13-4-8-27-9-5-13/h7,10,12-14H,1-6,8-9,11H2,(H,20,26). The zero-order valence-corrected chi connectivity index (χ0v) is 16.5. The predicted molar refractivity (Wildman–Crippen MR) is 104 cm³/mol. The normalized spacial score (nSPS) is 20.8. The minimum atomic E-state index is 0.0399. The average Bonchev–Trinajstić information content (AvgIpc) is 3.36. The van der Waals surface area contributed by atoms with E-state index in [1.54, 1.807) is 11.3 Å². The van der Waals surface area contributed by atoms with Crippen molar-refractivity contribution in [3.8, 4) is 0 Å². The number of nitrogens with zero attached hydrogens (tertiary/aromatic N) is 5. The van der Waals surface area contributed by atoms with Crippen LogP contribution < -0.4 is 5.32 Å². The van der Waals surface area contributed by atoms with Crippen LogP contribution in [-0.4, -0.2) is 49.3 Å². The summed E-state index contributed by atoms with van der Waals surface area (Å²) in [5.41, 5.74) is 0.817. The van der Waals surface area contributed by atoms with E-state index >= 15 is 0 Å². The zero-order valence-electron chi connectivity index (χ0n) is 15.7. The van der Waals surface area contributed by atoms with Gasteiger partial charge in [0.15, 0.2) is 4.96 Å². The lowest BCUT2D eigenvalue weighted by molar-refractivity contribution is -0.121. The molecule has 28 heavy (non-hydrogen) atoms. The highest BCUT2D eigenvalue weighted by atomic mass is 32.1. The molecular formula is C19H24N6O2S. The molecule has 0 bridgehead atoms. The number of amides is 1. The number of fused-ring (bicyclic) bond motifs is 2. The molecule has 1 fully saturated rings. The maximum Gasteiger partial charge on any atom is 0.226 e. The van der Waals surface area contributed by atoms with Crippen LogP contribution >= 0.6 is 11.3 Å². The second-order valence-electron chi connectivity index (χ2n) is 7.61. The monoisotopic (exact) mass is 400 g/mol. The molecule has 3 aromatic heterocycles. The van der Waals surface area contributed by atoms with Gasteiger partial charge in [0.2, 0.25) is 5.91 Å². The summed E-state index contributed by atoms with van der Waals surface area (Å²) in [5.74, 6) is 2.63. The topological polar surface area (TPSA) is 86.3 Å². The Morgan fingerprint density at radius 2 is 2.14 bits per heavy atom. The highest BCUT2D eigenvalue weighted by Gasteiger charge is 2.26. The molecule has 2 aliphatic heterocycles. The smallest absolute Gasteiger partial charge is 0.226 e. The van der Waals surface area contributed by atoms with E-state index in [1.807, 2.05) is 22.2 Å². The van der Waals surface area contributed by atoms with Gasteiger partial charge in [-0.2, -0.15) is 0 Å². The number of carbonyl (C=O) groups is 1. The third-order valence-electron chi connectivity index (χ3n) is 5.71. The van der Waals surface area contributed by atoms with Crippen LogP contribution in [-0.2, 0) is 28.9 Å². The van der Waals surface area contributed by atoms with Crippen molar-refractivity contribution in [2.45, 2.75) is 57.0 Å². The highest BCUT2D eigenvalue weighted by molar-refractivity contribution is 7.15. The molecule has 8 nitrogen and oxygen atoms in total. The Hall–Kier alpha value is -2.26. The Morgan fingerprint density at radius 1 is 1.25 bits per heavy atom. The number of hydrogen-bond donors (Lipinski definition) is 1. The molecule has 1 N–H and O–H groups in total. The van der Waals surface area contributed by atoms with Crippen LogP contribution in [0.5, 0.6) is 0 Å². The molecule has 0 aromatic carbocycles. The number of rotatable bonds is 4. The van der Waals surface area contributed by atoms with Gasteiger partial charge < -0.3 is 14.6 Å². The van der Waals surface area contributed by atoms with Crippen molar-refractivity contribution in [3.63, 3.8) is 0 Å². The van der Waals surface area contributed by atoms with Crippen LogP contribution in [0.4, 0.5) is 0 Å². The van der Waals surface area contributed by atoms with Crippen molar-refractivity contribution in [2.24, 2.45) is 0 Å². The van der Waals surface area contributed by atoms with Gasteiger partial charge in [0, 0.05) is 55.9 Å². The molecule has 148 valence electrons. The van der Waals surface area contributed by atoms with Crippen molar-refractivity contribution >= 4 is 22.2 Å². The molecule has 0 aliphatic carbocycles. The Balaban J connectivity index is 1.20. The van der Waals surface area contributed by atoms with E-state index in [1.165, 1.54) is 0 Å². The van der Waals surface area contributed by atoms with Gasteiger partial charge in [0.05, 0.1) is 12.1 Å². The number of aromatic nitrogens is 5. The van der Waals surface area contributed by atoms with Gasteiger partial charge in [-0.25, -0.2) is 4.98 Å². The lowest BCUT2D eigenvalue weighted by Crippen LogP contribution is -2.36. The van der Waals surface area contributed by atoms with Crippen LogP contribution in [0.2, 0.25) is 0 Å². The lowest BCUT2D eigenvalue weighted by Gasteiger charge is -2.22. The summed E-state index contributed by atoms with van der Waals surface area (Å²) in [6.07, 6.45) is 8.90. The van der Waals surface area contributed by atoms with Crippen LogP contribution in [0, 0.1) is 0 Å². The third-order valence-corrected chi connectivity index (χ3v) is 6.48. The van der Waals surface area contributed by atoms with Gasteiger partial charge >= 0.3 is 0 Å². The number of aryl methyl sites for hydroxylation is 1. The molecule has 5 rings (SSSR count). The van der Waals surface area contributed by atoms with E-state index in [0.29, 0.717) is 12.3 Å². The predicted octanol–water partition coefficient (Wildman–Crippen LogP) is 1.95. The first-order valence-corrected chi connectivity index (χ1v) is 10.8. The zero-order chi connectivity index (χ0) is 18.9. The Bertz CT molecular complexity index is 942. The van der Waals surface area contributed by atoms with Crippen molar-refractivity contribution in [1.29, 1.82) is 0 Å². The number of imidazole rings is 1. The number of hydrogen-bond acceptors (Lipinski definition) is 6. The SMILES string of the molecule is O=C(Cc1cn2ccsc2n1)NC1CCc2nnc(C3CCOCC3)n2CC1. The van der Waals surface area contributed by atoms with Crippen LogP contribution in [0.1, 0.15) is 48.9 Å². The van der Waals surface area contributed by atoms with Gasteiger partial charge in [-0.1, -0.05) is 0 Å². The Labute approximate surface area is 166 Å². The Morgan fingerprint density at radius 3 is 3.00 bits per heavy atom. The minimum Gasteiger partial charge on any atom is -0.381 e. The van der Waals surface area contributed by atoms with Crippen molar-refractivity contribution in [3.05, 3.63) is 35.1 Å². The maximum absolute atomic E-state index is 12.5. The third kappa shape index (κ3) is 3.56. The molecule has 0 saturated carbocycles. The molecule has 0 spiro atoms. The van der Waals surface area contributed by atoms with Crippen LogP contribution in [0.25, 0.3) is 4.96 Å². The van der Waals surface area contributed by atoms with Gasteiger partial charge in [-0.05, 0) is 25.7 Å². The largest absolute Gasteiger partial charge is 0.381 e. The first-order chi connectivity index (χ1) is 13.8. The van der Waals surface area contributed by atoms with E-state index in [-0.39, 0.29) is 11.9 Å². The Kier molecular flexibility index (Phi) is 4.86. The van der Waals surface area contributed by atoms with Crippen LogP contribution in [0.15, 0.2) is 17.8 Å². The average molecular weight is 401 g/mol. The molecule has 1 saturated heterocycles. The second kappa shape index (κ2) is 7.63. The summed E-state index contributed by atoms with van der Waals surface area (Å²) >= 11 is 1.58. The number of ether oxygens (including phenoxy) is 1. The molecule has 0 radical (unpaired) electrons. The molecule has 2 aliphatic rings. The van der Waals surface area contributed by atoms with Gasteiger partial charge in [0.1, 0.15) is 11.6 Å². The first kappa shape index (κ1) is 17.8.